The van der Waals surface area contributed by atoms with Gasteiger partial charge in [0.25, 0.3) is 5.91 Å². The number of nitrogens with zero attached hydrogens (tertiary/aromatic N) is 4. The number of para-hydroxylation sites is 1. The monoisotopic (exact) mass is 406 g/mol. The average molecular weight is 406 g/mol. The first-order valence-electron chi connectivity index (χ1n) is 9.84. The minimum atomic E-state index is -0.436. The van der Waals surface area contributed by atoms with Gasteiger partial charge in [0.1, 0.15) is 5.69 Å². The highest BCUT2D eigenvalue weighted by molar-refractivity contribution is 5.95. The quantitative estimate of drug-likeness (QED) is 0.584. The van der Waals surface area contributed by atoms with E-state index in [1.54, 1.807) is 37.9 Å². The molecule has 0 saturated heterocycles. The molecule has 0 fully saturated rings. The maximum absolute atomic E-state index is 12.9. The van der Waals surface area contributed by atoms with Crippen LogP contribution in [0.5, 0.6) is 0 Å². The van der Waals surface area contributed by atoms with Crippen LogP contribution in [0.3, 0.4) is 0 Å². The standard InChI is InChI=1S/C23H26N4O3/c1-6-30-23(29)19-12-13-21(24-15(19)2)22(28)26(5)14-20-16(3)25-27(17(20)4)18-10-8-7-9-11-18/h7-13H,6,14H2,1-5H3. The Bertz CT molecular complexity index is 1070. The van der Waals surface area contributed by atoms with Crippen LogP contribution >= 0.6 is 0 Å². The predicted molar refractivity (Wildman–Crippen MR) is 114 cm³/mol. The fourth-order valence-corrected chi connectivity index (χ4v) is 3.33. The van der Waals surface area contributed by atoms with Crippen LogP contribution in [0.15, 0.2) is 42.5 Å². The zero-order chi connectivity index (χ0) is 21.8. The predicted octanol–water partition coefficient (Wildman–Crippen LogP) is 3.64. The van der Waals surface area contributed by atoms with Crippen LogP contribution in [0.1, 0.15) is 50.4 Å². The third-order valence-electron chi connectivity index (χ3n) is 4.98. The van der Waals surface area contributed by atoms with Crippen molar-refractivity contribution < 1.29 is 14.3 Å². The number of carbonyl (C=O) groups excluding carboxylic acids is 2. The smallest absolute Gasteiger partial charge is 0.339 e. The number of pyridine rings is 1. The number of hydrogen-bond donors (Lipinski definition) is 0. The number of esters is 1. The zero-order valence-corrected chi connectivity index (χ0v) is 18.0. The van der Waals surface area contributed by atoms with Crippen molar-refractivity contribution in [3.63, 3.8) is 0 Å². The molecule has 1 amide bonds. The molecule has 1 aromatic carbocycles. The molecule has 3 rings (SSSR count). The number of carbonyl (C=O) groups is 2. The Balaban J connectivity index is 1.81. The highest BCUT2D eigenvalue weighted by Gasteiger charge is 2.20. The molecule has 156 valence electrons. The maximum Gasteiger partial charge on any atom is 0.339 e. The van der Waals surface area contributed by atoms with Crippen molar-refractivity contribution in [2.75, 3.05) is 13.7 Å². The molecule has 0 aliphatic carbocycles. The first-order valence-corrected chi connectivity index (χ1v) is 9.84. The fourth-order valence-electron chi connectivity index (χ4n) is 3.33. The van der Waals surface area contributed by atoms with Crippen LogP contribution in [-0.2, 0) is 11.3 Å². The van der Waals surface area contributed by atoms with Crippen LogP contribution in [0.4, 0.5) is 0 Å². The fraction of sp³-hybridized carbons (Fsp3) is 0.304. The molecule has 0 N–H and O–H groups in total. The minimum absolute atomic E-state index is 0.222. The summed E-state index contributed by atoms with van der Waals surface area (Å²) in [6, 6.07) is 13.0. The Morgan fingerprint density at radius 3 is 2.37 bits per heavy atom. The first-order chi connectivity index (χ1) is 14.3. The van der Waals surface area contributed by atoms with Crippen LogP contribution < -0.4 is 0 Å². The second kappa shape index (κ2) is 8.90. The molecule has 2 aromatic heterocycles. The molecule has 0 aliphatic rings. The van der Waals surface area contributed by atoms with Gasteiger partial charge in [-0.3, -0.25) is 4.79 Å². The minimum Gasteiger partial charge on any atom is -0.462 e. The van der Waals surface area contributed by atoms with E-state index in [9.17, 15) is 9.59 Å². The lowest BCUT2D eigenvalue weighted by atomic mass is 10.1. The van der Waals surface area contributed by atoms with Gasteiger partial charge in [0, 0.05) is 24.8 Å². The van der Waals surface area contributed by atoms with Crippen molar-refractivity contribution in [3.05, 3.63) is 76.4 Å². The third-order valence-corrected chi connectivity index (χ3v) is 4.98. The molecule has 0 bridgehead atoms. The Morgan fingerprint density at radius 2 is 1.73 bits per heavy atom. The highest BCUT2D eigenvalue weighted by Crippen LogP contribution is 2.20. The summed E-state index contributed by atoms with van der Waals surface area (Å²) in [6.07, 6.45) is 0. The van der Waals surface area contributed by atoms with E-state index in [2.05, 4.69) is 10.1 Å². The highest BCUT2D eigenvalue weighted by atomic mass is 16.5. The van der Waals surface area contributed by atoms with E-state index in [-0.39, 0.29) is 18.2 Å². The molecular formula is C23H26N4O3. The van der Waals surface area contributed by atoms with Gasteiger partial charge < -0.3 is 9.64 Å². The van der Waals surface area contributed by atoms with Crippen molar-refractivity contribution in [2.24, 2.45) is 0 Å². The van der Waals surface area contributed by atoms with Gasteiger partial charge >= 0.3 is 5.97 Å². The van der Waals surface area contributed by atoms with E-state index in [1.807, 2.05) is 48.9 Å². The normalized spacial score (nSPS) is 10.7. The van der Waals surface area contributed by atoms with Gasteiger partial charge in [-0.15, -0.1) is 0 Å². The lowest BCUT2D eigenvalue weighted by Gasteiger charge is -2.18. The number of benzene rings is 1. The molecule has 30 heavy (non-hydrogen) atoms. The van der Waals surface area contributed by atoms with E-state index in [1.165, 1.54) is 0 Å². The van der Waals surface area contributed by atoms with Crippen LogP contribution in [-0.4, -0.2) is 45.2 Å². The summed E-state index contributed by atoms with van der Waals surface area (Å²) in [5, 5.41) is 4.64. The number of hydrogen-bond acceptors (Lipinski definition) is 5. The topological polar surface area (TPSA) is 77.3 Å². The van der Waals surface area contributed by atoms with E-state index >= 15 is 0 Å². The summed E-state index contributed by atoms with van der Waals surface area (Å²) in [4.78, 5) is 30.8. The molecule has 0 aliphatic heterocycles. The third kappa shape index (κ3) is 4.25. The average Bonchev–Trinajstić information content (AvgIpc) is 3.02. The molecular weight excluding hydrogens is 380 g/mol. The van der Waals surface area contributed by atoms with E-state index in [0.29, 0.717) is 17.8 Å². The molecule has 0 unspecified atom stereocenters. The number of aromatic nitrogens is 3. The van der Waals surface area contributed by atoms with Crippen LogP contribution in [0.2, 0.25) is 0 Å². The van der Waals surface area contributed by atoms with E-state index in [4.69, 9.17) is 4.74 Å². The second-order valence-corrected chi connectivity index (χ2v) is 7.11. The van der Waals surface area contributed by atoms with Gasteiger partial charge in [0.15, 0.2) is 0 Å². The Labute approximate surface area is 176 Å². The Hall–Kier alpha value is -3.48. The summed E-state index contributed by atoms with van der Waals surface area (Å²) in [7, 11) is 1.73. The summed E-state index contributed by atoms with van der Waals surface area (Å²) in [6.45, 7) is 8.08. The van der Waals surface area contributed by atoms with Crippen molar-refractivity contribution in [1.82, 2.24) is 19.7 Å². The zero-order valence-electron chi connectivity index (χ0n) is 18.0. The summed E-state index contributed by atoms with van der Waals surface area (Å²) in [5.74, 6) is -0.658. The van der Waals surface area contributed by atoms with Gasteiger partial charge in [0.2, 0.25) is 0 Å². The molecule has 0 spiro atoms. The van der Waals surface area contributed by atoms with Gasteiger partial charge in [-0.1, -0.05) is 18.2 Å². The van der Waals surface area contributed by atoms with E-state index in [0.717, 1.165) is 22.6 Å². The Kier molecular flexibility index (Phi) is 6.30. The molecule has 7 nitrogen and oxygen atoms in total. The number of aryl methyl sites for hydroxylation is 2. The van der Waals surface area contributed by atoms with Crippen molar-refractivity contribution >= 4 is 11.9 Å². The largest absolute Gasteiger partial charge is 0.462 e. The van der Waals surface area contributed by atoms with Crippen LogP contribution in [0.25, 0.3) is 5.69 Å². The van der Waals surface area contributed by atoms with Crippen molar-refractivity contribution in [3.8, 4) is 5.69 Å². The number of amides is 1. The molecule has 0 saturated carbocycles. The molecule has 0 atom stereocenters. The lowest BCUT2D eigenvalue weighted by Crippen LogP contribution is -2.28. The second-order valence-electron chi connectivity index (χ2n) is 7.11. The van der Waals surface area contributed by atoms with Crippen LogP contribution in [0, 0.1) is 20.8 Å². The first kappa shape index (κ1) is 21.2. The molecule has 0 radical (unpaired) electrons. The van der Waals surface area contributed by atoms with Gasteiger partial charge in [-0.05, 0) is 52.0 Å². The maximum atomic E-state index is 12.9. The van der Waals surface area contributed by atoms with E-state index < -0.39 is 5.97 Å². The number of ether oxygens (including phenoxy) is 1. The lowest BCUT2D eigenvalue weighted by molar-refractivity contribution is 0.0524. The Morgan fingerprint density at radius 1 is 1.03 bits per heavy atom. The SMILES string of the molecule is CCOC(=O)c1ccc(C(=O)N(C)Cc2c(C)nn(-c3ccccc3)c2C)nc1C. The van der Waals surface area contributed by atoms with Gasteiger partial charge in [-0.2, -0.15) is 5.10 Å². The molecule has 7 heteroatoms. The van der Waals surface area contributed by atoms with Gasteiger partial charge in [-0.25, -0.2) is 14.5 Å². The molecule has 3 aromatic rings. The van der Waals surface area contributed by atoms with Crippen molar-refractivity contribution in [1.29, 1.82) is 0 Å². The number of rotatable bonds is 6. The molecule has 2 heterocycles. The van der Waals surface area contributed by atoms with Gasteiger partial charge in [0.05, 0.1) is 29.2 Å². The summed E-state index contributed by atoms with van der Waals surface area (Å²) >= 11 is 0. The van der Waals surface area contributed by atoms with Crippen molar-refractivity contribution in [2.45, 2.75) is 34.2 Å². The summed E-state index contributed by atoms with van der Waals surface area (Å²) in [5.41, 5.74) is 4.95. The summed E-state index contributed by atoms with van der Waals surface area (Å²) < 4.78 is 6.91.